The van der Waals surface area contributed by atoms with Gasteiger partial charge in [0.1, 0.15) is 0 Å². The van der Waals surface area contributed by atoms with Gasteiger partial charge in [0.05, 0.1) is 22.8 Å². The monoisotopic (exact) mass is 418 g/mol. The molecule has 3 heterocycles. The van der Waals surface area contributed by atoms with Crippen LogP contribution in [0.25, 0.3) is 0 Å². The van der Waals surface area contributed by atoms with Crippen molar-refractivity contribution in [2.75, 3.05) is 19.7 Å². The number of ether oxygens (including phenoxy) is 1. The van der Waals surface area contributed by atoms with Crippen LogP contribution in [0.4, 0.5) is 0 Å². The zero-order valence-corrected chi connectivity index (χ0v) is 17.3. The number of rotatable bonds is 6. The van der Waals surface area contributed by atoms with Gasteiger partial charge in [-0.1, -0.05) is 6.07 Å². The van der Waals surface area contributed by atoms with Crippen LogP contribution in [0.1, 0.15) is 41.3 Å². The Labute approximate surface area is 170 Å². The van der Waals surface area contributed by atoms with Gasteiger partial charge in [-0.3, -0.25) is 9.48 Å². The second kappa shape index (κ2) is 8.25. The number of amides is 1. The Balaban J connectivity index is 1.44. The lowest BCUT2D eigenvalue weighted by atomic mass is 9.99. The predicted octanol–water partition coefficient (Wildman–Crippen LogP) is 1.56. The van der Waals surface area contributed by atoms with Crippen molar-refractivity contribution in [1.29, 1.82) is 0 Å². The zero-order chi connectivity index (χ0) is 20.4. The Morgan fingerprint density at radius 2 is 2.21 bits per heavy atom. The molecule has 0 bridgehead atoms. The first kappa shape index (κ1) is 20.1. The van der Waals surface area contributed by atoms with Crippen molar-refractivity contribution in [2.24, 2.45) is 0 Å². The molecule has 0 aliphatic carbocycles. The maximum Gasteiger partial charge on any atom is 0.257 e. The molecule has 2 aliphatic rings. The molecule has 4 rings (SSSR count). The van der Waals surface area contributed by atoms with Gasteiger partial charge in [0.25, 0.3) is 5.91 Å². The first-order valence-corrected chi connectivity index (χ1v) is 11.5. The van der Waals surface area contributed by atoms with E-state index in [1.54, 1.807) is 34.1 Å². The normalized spacial score (nSPS) is 19.3. The summed E-state index contributed by atoms with van der Waals surface area (Å²) in [6.45, 7) is 4.70. The number of nitrogens with zero attached hydrogens (tertiary/aromatic N) is 3. The Hall–Kier alpha value is -2.23. The van der Waals surface area contributed by atoms with E-state index < -0.39 is 10.0 Å². The fourth-order valence-corrected chi connectivity index (χ4v) is 4.91. The third kappa shape index (κ3) is 4.36. The molecule has 0 unspecified atom stereocenters. The summed E-state index contributed by atoms with van der Waals surface area (Å²) in [5.41, 5.74) is 2.52. The lowest BCUT2D eigenvalue weighted by Gasteiger charge is -2.29. The molecule has 1 saturated heterocycles. The zero-order valence-electron chi connectivity index (χ0n) is 16.5. The van der Waals surface area contributed by atoms with Gasteiger partial charge in [0.2, 0.25) is 10.0 Å². The number of aromatic nitrogens is 2. The van der Waals surface area contributed by atoms with E-state index in [4.69, 9.17) is 4.74 Å². The summed E-state index contributed by atoms with van der Waals surface area (Å²) in [6.07, 6.45) is 5.79. The Morgan fingerprint density at radius 1 is 1.34 bits per heavy atom. The van der Waals surface area contributed by atoms with Gasteiger partial charge in [0.15, 0.2) is 0 Å². The highest BCUT2D eigenvalue weighted by Gasteiger charge is 2.25. The number of carbonyl (C=O) groups excluding carboxylic acids is 1. The van der Waals surface area contributed by atoms with Crippen molar-refractivity contribution in [3.8, 4) is 0 Å². The molecule has 0 spiro atoms. The molecule has 9 heteroatoms. The minimum absolute atomic E-state index is 0.0426. The lowest BCUT2D eigenvalue weighted by Crippen LogP contribution is -2.36. The Kier molecular flexibility index (Phi) is 5.71. The van der Waals surface area contributed by atoms with Crippen LogP contribution in [0, 0.1) is 0 Å². The van der Waals surface area contributed by atoms with Crippen LogP contribution in [0.2, 0.25) is 0 Å². The number of carbonyl (C=O) groups is 1. The van der Waals surface area contributed by atoms with Crippen LogP contribution in [-0.2, 0) is 34.3 Å². The second-order valence-electron chi connectivity index (χ2n) is 7.48. The van der Waals surface area contributed by atoms with Gasteiger partial charge < -0.3 is 9.64 Å². The van der Waals surface area contributed by atoms with Crippen molar-refractivity contribution in [3.05, 3.63) is 47.3 Å². The fourth-order valence-electron chi connectivity index (χ4n) is 3.79. The van der Waals surface area contributed by atoms with E-state index in [1.807, 2.05) is 13.0 Å². The van der Waals surface area contributed by atoms with E-state index in [1.165, 1.54) is 0 Å². The molecule has 2 aliphatic heterocycles. The number of benzene rings is 1. The summed E-state index contributed by atoms with van der Waals surface area (Å²) in [7, 11) is -3.58. The first-order valence-electron chi connectivity index (χ1n) is 10.0. The molecule has 8 nitrogen and oxygen atoms in total. The molecule has 156 valence electrons. The van der Waals surface area contributed by atoms with Crippen molar-refractivity contribution >= 4 is 15.9 Å². The SMILES string of the molecule is CCn1cc(C(=O)N2CCc3cc(S(=O)(=O)NC[C@@H]4CCCO4)ccc3C2)cn1. The molecule has 1 fully saturated rings. The summed E-state index contributed by atoms with van der Waals surface area (Å²) in [6, 6.07) is 5.15. The maximum absolute atomic E-state index is 12.7. The standard InChI is InChI=1S/C20H26N4O4S/c1-2-24-14-17(11-21-24)20(25)23-8-7-15-10-19(6-5-16(15)13-23)29(26,27)22-12-18-4-3-9-28-18/h5-6,10-11,14,18,22H,2-4,7-9,12-13H2,1H3/t18-/m0/s1. The molecule has 0 saturated carbocycles. The van der Waals surface area contributed by atoms with E-state index in [0.29, 0.717) is 44.8 Å². The van der Waals surface area contributed by atoms with Gasteiger partial charge in [0, 0.05) is 39.0 Å². The van der Waals surface area contributed by atoms with Gasteiger partial charge in [-0.2, -0.15) is 5.10 Å². The van der Waals surface area contributed by atoms with Crippen molar-refractivity contribution in [1.82, 2.24) is 19.4 Å². The van der Waals surface area contributed by atoms with E-state index >= 15 is 0 Å². The topological polar surface area (TPSA) is 93.5 Å². The highest BCUT2D eigenvalue weighted by atomic mass is 32.2. The van der Waals surface area contributed by atoms with Crippen LogP contribution in [0.3, 0.4) is 0 Å². The third-order valence-corrected chi connectivity index (χ3v) is 6.94. The van der Waals surface area contributed by atoms with Gasteiger partial charge in [-0.05, 0) is 49.4 Å². The van der Waals surface area contributed by atoms with Crippen LogP contribution >= 0.6 is 0 Å². The molecule has 1 N–H and O–H groups in total. The van der Waals surface area contributed by atoms with Crippen molar-refractivity contribution in [2.45, 2.75) is 50.3 Å². The van der Waals surface area contributed by atoms with Gasteiger partial charge >= 0.3 is 0 Å². The second-order valence-corrected chi connectivity index (χ2v) is 9.25. The van der Waals surface area contributed by atoms with E-state index in [-0.39, 0.29) is 16.9 Å². The summed E-state index contributed by atoms with van der Waals surface area (Å²) < 4.78 is 35.1. The molecule has 1 atom stereocenters. The summed E-state index contributed by atoms with van der Waals surface area (Å²) in [5.74, 6) is -0.0507. The molecular formula is C20H26N4O4S. The average molecular weight is 419 g/mol. The molecule has 29 heavy (non-hydrogen) atoms. The van der Waals surface area contributed by atoms with Crippen LogP contribution in [0.5, 0.6) is 0 Å². The molecule has 0 radical (unpaired) electrons. The smallest absolute Gasteiger partial charge is 0.257 e. The average Bonchev–Trinajstić information content (AvgIpc) is 3.43. The largest absolute Gasteiger partial charge is 0.377 e. The number of fused-ring (bicyclic) bond motifs is 1. The van der Waals surface area contributed by atoms with Crippen LogP contribution in [0.15, 0.2) is 35.5 Å². The summed E-state index contributed by atoms with van der Waals surface area (Å²) in [5, 5.41) is 4.17. The molecular weight excluding hydrogens is 392 g/mol. The number of sulfonamides is 1. The predicted molar refractivity (Wildman–Crippen MR) is 107 cm³/mol. The number of nitrogens with one attached hydrogen (secondary N) is 1. The summed E-state index contributed by atoms with van der Waals surface area (Å²) >= 11 is 0. The van der Waals surface area contributed by atoms with Gasteiger partial charge in [-0.25, -0.2) is 13.1 Å². The van der Waals surface area contributed by atoms with E-state index in [9.17, 15) is 13.2 Å². The number of aryl methyl sites for hydroxylation is 1. The minimum Gasteiger partial charge on any atom is -0.377 e. The number of hydrogen-bond donors (Lipinski definition) is 1. The lowest BCUT2D eigenvalue weighted by molar-refractivity contribution is 0.0734. The maximum atomic E-state index is 12.7. The third-order valence-electron chi connectivity index (χ3n) is 5.52. The minimum atomic E-state index is -3.58. The highest BCUT2D eigenvalue weighted by Crippen LogP contribution is 2.24. The molecule has 1 amide bonds. The Morgan fingerprint density at radius 3 is 2.93 bits per heavy atom. The number of hydrogen-bond acceptors (Lipinski definition) is 5. The molecule has 1 aromatic heterocycles. The van der Waals surface area contributed by atoms with Crippen LogP contribution < -0.4 is 4.72 Å². The Bertz CT molecular complexity index is 996. The van der Waals surface area contributed by atoms with E-state index in [0.717, 1.165) is 24.0 Å². The highest BCUT2D eigenvalue weighted by molar-refractivity contribution is 7.89. The fraction of sp³-hybridized carbons (Fsp3) is 0.500. The van der Waals surface area contributed by atoms with Crippen LogP contribution in [-0.4, -0.2) is 54.8 Å². The van der Waals surface area contributed by atoms with E-state index in [2.05, 4.69) is 9.82 Å². The van der Waals surface area contributed by atoms with Crippen molar-refractivity contribution < 1.29 is 17.9 Å². The first-order chi connectivity index (χ1) is 14.0. The van der Waals surface area contributed by atoms with Gasteiger partial charge in [-0.15, -0.1) is 0 Å². The molecule has 2 aromatic rings. The van der Waals surface area contributed by atoms with Crippen molar-refractivity contribution in [3.63, 3.8) is 0 Å². The quantitative estimate of drug-likeness (QED) is 0.768. The molecule has 1 aromatic carbocycles. The summed E-state index contributed by atoms with van der Waals surface area (Å²) in [4.78, 5) is 14.8.